The average Bonchev–Trinajstić information content (AvgIpc) is 3.15. The Kier molecular flexibility index (Phi) is 7.97. The number of aliphatic hydroxyl groups excluding tert-OH is 1. The van der Waals surface area contributed by atoms with Crippen LogP contribution in [-0.4, -0.2) is 58.3 Å². The second kappa shape index (κ2) is 11.3. The van der Waals surface area contributed by atoms with Crippen LogP contribution >= 0.6 is 0 Å². The minimum atomic E-state index is -1.10. The number of carbonyl (C=O) groups excluding carboxylic acids is 1. The predicted molar refractivity (Wildman–Crippen MR) is 132 cm³/mol. The molecule has 3 aromatic rings. The summed E-state index contributed by atoms with van der Waals surface area (Å²) >= 11 is 0. The van der Waals surface area contributed by atoms with Crippen molar-refractivity contribution in [1.82, 2.24) is 10.2 Å². The highest BCUT2D eigenvalue weighted by Gasteiger charge is 2.46. The number of halogens is 1. The fraction of sp³-hybridized carbons (Fsp3) is 0.286. The molecule has 188 valence electrons. The van der Waals surface area contributed by atoms with Crippen LogP contribution in [0.4, 0.5) is 4.39 Å². The highest BCUT2D eigenvalue weighted by molar-refractivity contribution is 5.91. The molecule has 1 aliphatic rings. The number of hydrogen-bond donors (Lipinski definition) is 3. The Balaban J connectivity index is 1.53. The highest BCUT2D eigenvalue weighted by atomic mass is 19.1. The molecule has 1 aliphatic carbocycles. The van der Waals surface area contributed by atoms with Gasteiger partial charge in [-0.3, -0.25) is 9.69 Å². The van der Waals surface area contributed by atoms with E-state index >= 15 is 0 Å². The Bertz CT molecular complexity index is 1210. The van der Waals surface area contributed by atoms with Crippen LogP contribution in [0, 0.1) is 5.82 Å². The summed E-state index contributed by atoms with van der Waals surface area (Å²) in [4.78, 5) is 26.5. The van der Waals surface area contributed by atoms with Gasteiger partial charge in [0.05, 0.1) is 24.1 Å². The third kappa shape index (κ3) is 5.90. The van der Waals surface area contributed by atoms with E-state index in [0.29, 0.717) is 12.1 Å². The molecular formula is C28H29FN2O5. The Labute approximate surface area is 209 Å². The van der Waals surface area contributed by atoms with E-state index in [4.69, 9.17) is 4.74 Å². The van der Waals surface area contributed by atoms with Crippen LogP contribution < -0.4 is 10.1 Å². The van der Waals surface area contributed by atoms with Crippen LogP contribution in [0.15, 0.2) is 78.9 Å². The van der Waals surface area contributed by atoms with Crippen LogP contribution in [0.3, 0.4) is 0 Å². The maximum atomic E-state index is 14.2. The topological polar surface area (TPSA) is 99.1 Å². The second-order valence-corrected chi connectivity index (χ2v) is 9.02. The van der Waals surface area contributed by atoms with Crippen molar-refractivity contribution >= 4 is 11.9 Å². The van der Waals surface area contributed by atoms with Crippen molar-refractivity contribution in [2.45, 2.75) is 43.7 Å². The van der Waals surface area contributed by atoms with Crippen LogP contribution in [0.5, 0.6) is 5.75 Å². The number of ether oxygens (including phenoxy) is 1. The monoisotopic (exact) mass is 492 g/mol. The van der Waals surface area contributed by atoms with Gasteiger partial charge in [-0.15, -0.1) is 0 Å². The number of carboxylic acid groups (broad SMARTS) is 1. The van der Waals surface area contributed by atoms with Gasteiger partial charge in [0.25, 0.3) is 0 Å². The van der Waals surface area contributed by atoms with Crippen LogP contribution in [0.1, 0.15) is 27.9 Å². The fourth-order valence-electron chi connectivity index (χ4n) is 4.81. The number of rotatable bonds is 9. The summed E-state index contributed by atoms with van der Waals surface area (Å²) in [7, 11) is 1.85. The summed E-state index contributed by atoms with van der Waals surface area (Å²) in [6, 6.07) is 21.1. The van der Waals surface area contributed by atoms with E-state index in [1.807, 2.05) is 42.3 Å². The van der Waals surface area contributed by atoms with E-state index in [1.165, 1.54) is 18.2 Å². The summed E-state index contributed by atoms with van der Waals surface area (Å²) in [5.74, 6) is -1.97. The highest BCUT2D eigenvalue weighted by Crippen LogP contribution is 2.30. The van der Waals surface area contributed by atoms with Gasteiger partial charge in [0.15, 0.2) is 11.6 Å². The number of amides is 1. The van der Waals surface area contributed by atoms with Crippen molar-refractivity contribution in [3.05, 3.63) is 101 Å². The van der Waals surface area contributed by atoms with E-state index in [2.05, 4.69) is 5.32 Å². The smallest absolute Gasteiger partial charge is 0.335 e. The third-order valence-corrected chi connectivity index (χ3v) is 6.47. The molecule has 1 fully saturated rings. The first-order chi connectivity index (χ1) is 17.3. The van der Waals surface area contributed by atoms with E-state index in [-0.39, 0.29) is 30.1 Å². The van der Waals surface area contributed by atoms with Crippen molar-refractivity contribution in [3.63, 3.8) is 0 Å². The first kappa shape index (κ1) is 25.3. The molecular weight excluding hydrogens is 463 g/mol. The zero-order valence-corrected chi connectivity index (χ0v) is 19.9. The molecule has 1 amide bonds. The van der Waals surface area contributed by atoms with E-state index in [9.17, 15) is 24.2 Å². The van der Waals surface area contributed by atoms with Gasteiger partial charge in [0.1, 0.15) is 12.2 Å². The summed E-state index contributed by atoms with van der Waals surface area (Å²) in [6.45, 7) is 0.517. The summed E-state index contributed by atoms with van der Waals surface area (Å²) in [5.41, 5.74) is 1.50. The van der Waals surface area contributed by atoms with Gasteiger partial charge in [-0.05, 0) is 36.4 Å². The second-order valence-electron chi connectivity index (χ2n) is 9.02. The number of aromatic carboxylic acids is 1. The molecule has 3 N–H and O–H groups in total. The molecule has 0 saturated heterocycles. The molecule has 8 heteroatoms. The molecule has 1 saturated carbocycles. The molecule has 0 spiro atoms. The molecule has 0 radical (unpaired) electrons. The maximum Gasteiger partial charge on any atom is 0.335 e. The molecule has 3 aromatic carbocycles. The number of benzene rings is 3. The molecule has 4 rings (SSSR count). The quantitative estimate of drug-likeness (QED) is 0.424. The number of carboxylic acids is 1. The van der Waals surface area contributed by atoms with Crippen LogP contribution in [0.2, 0.25) is 0 Å². The average molecular weight is 493 g/mol. The number of para-hydroxylation sites is 1. The van der Waals surface area contributed by atoms with E-state index in [0.717, 1.165) is 5.56 Å². The normalized spacial score (nSPS) is 21.3. The van der Waals surface area contributed by atoms with Crippen molar-refractivity contribution in [1.29, 1.82) is 0 Å². The van der Waals surface area contributed by atoms with E-state index < -0.39 is 36.1 Å². The van der Waals surface area contributed by atoms with Crippen molar-refractivity contribution in [2.24, 2.45) is 0 Å². The minimum absolute atomic E-state index is 0.0355. The van der Waals surface area contributed by atoms with Crippen molar-refractivity contribution < 1.29 is 28.9 Å². The summed E-state index contributed by atoms with van der Waals surface area (Å²) in [6.07, 6.45) is -1.62. The molecule has 0 unspecified atom stereocenters. The minimum Gasteiger partial charge on any atom is -0.485 e. The number of nitrogens with zero attached hydrogens (tertiary/aromatic N) is 1. The van der Waals surface area contributed by atoms with Gasteiger partial charge >= 0.3 is 5.97 Å². The first-order valence-electron chi connectivity index (χ1n) is 11.8. The number of aliphatic hydroxyl groups is 1. The lowest BCUT2D eigenvalue weighted by molar-refractivity contribution is -0.121. The van der Waals surface area contributed by atoms with Gasteiger partial charge in [0, 0.05) is 13.0 Å². The molecule has 36 heavy (non-hydrogen) atoms. The Morgan fingerprint density at radius 2 is 1.69 bits per heavy atom. The van der Waals surface area contributed by atoms with Gasteiger partial charge in [-0.1, -0.05) is 60.7 Å². The van der Waals surface area contributed by atoms with Crippen molar-refractivity contribution in [3.8, 4) is 5.75 Å². The zero-order valence-electron chi connectivity index (χ0n) is 19.9. The number of likely N-dealkylation sites (N-methyl/N-ethyl adjacent to an activating group) is 1. The Morgan fingerprint density at radius 3 is 2.42 bits per heavy atom. The summed E-state index contributed by atoms with van der Waals surface area (Å²) < 4.78 is 20.1. The Hall–Kier alpha value is -3.75. The van der Waals surface area contributed by atoms with Crippen LogP contribution in [-0.2, 0) is 17.8 Å². The number of carbonyl (C=O) groups is 2. The molecule has 0 bridgehead atoms. The number of hydrogen-bond acceptors (Lipinski definition) is 5. The largest absolute Gasteiger partial charge is 0.485 e. The zero-order chi connectivity index (χ0) is 25.7. The van der Waals surface area contributed by atoms with Gasteiger partial charge < -0.3 is 20.3 Å². The van der Waals surface area contributed by atoms with Gasteiger partial charge in [-0.25, -0.2) is 9.18 Å². The maximum absolute atomic E-state index is 14.2. The molecule has 0 heterocycles. The first-order valence-corrected chi connectivity index (χ1v) is 11.8. The SMILES string of the molecule is CN(Cc1ccccc1)[C@@H]1[C@@H](O)[C@H](Oc2ccccc2F)C[C@H]1NC(=O)Cc1ccccc1C(=O)O. The molecule has 4 atom stereocenters. The standard InChI is InChI=1S/C28H29FN2O5/c1-31(17-18-9-3-2-4-10-18)26-22(16-24(27(26)33)36-23-14-8-7-13-21(23)29)30-25(32)15-19-11-5-6-12-20(19)28(34)35/h2-14,22,24,26-27,33H,15-17H2,1H3,(H,30,32)(H,34,35)/t22-,24-,26+,27+/m1/s1. The Morgan fingerprint density at radius 1 is 1.03 bits per heavy atom. The lowest BCUT2D eigenvalue weighted by Gasteiger charge is -2.32. The lowest BCUT2D eigenvalue weighted by atomic mass is 10.0. The predicted octanol–water partition coefficient (Wildman–Crippen LogP) is 3.26. The fourth-order valence-corrected chi connectivity index (χ4v) is 4.81. The summed E-state index contributed by atoms with van der Waals surface area (Å²) in [5, 5.41) is 23.6. The number of nitrogens with one attached hydrogen (secondary N) is 1. The van der Waals surface area contributed by atoms with E-state index in [1.54, 1.807) is 30.3 Å². The molecule has 0 aromatic heterocycles. The van der Waals surface area contributed by atoms with Gasteiger partial charge in [-0.2, -0.15) is 0 Å². The van der Waals surface area contributed by atoms with Gasteiger partial charge in [0.2, 0.25) is 5.91 Å². The molecule has 7 nitrogen and oxygen atoms in total. The van der Waals surface area contributed by atoms with Crippen molar-refractivity contribution in [2.75, 3.05) is 7.05 Å². The lowest BCUT2D eigenvalue weighted by Crippen LogP contribution is -2.52. The van der Waals surface area contributed by atoms with Crippen LogP contribution in [0.25, 0.3) is 0 Å². The third-order valence-electron chi connectivity index (χ3n) is 6.47. The molecule has 0 aliphatic heterocycles.